The van der Waals surface area contributed by atoms with Gasteiger partial charge >= 0.3 is 24.1 Å². The lowest BCUT2D eigenvalue weighted by Gasteiger charge is -2.24. The fourth-order valence-corrected chi connectivity index (χ4v) is 7.24. The van der Waals surface area contributed by atoms with Gasteiger partial charge in [-0.25, -0.2) is 14.2 Å². The molecule has 0 aliphatic rings. The Morgan fingerprint density at radius 2 is 1.12 bits per heavy atom. The zero-order valence-corrected chi connectivity index (χ0v) is 43.5. The molecule has 26 heteroatoms. The van der Waals surface area contributed by atoms with Crippen molar-refractivity contribution in [3.63, 3.8) is 0 Å². The second-order valence-corrected chi connectivity index (χ2v) is 18.7. The van der Waals surface area contributed by atoms with E-state index in [-0.39, 0.29) is 31.5 Å². The van der Waals surface area contributed by atoms with E-state index in [4.69, 9.17) is 38.8 Å². The summed E-state index contributed by atoms with van der Waals surface area (Å²) in [6.45, 7) is 8.35. The van der Waals surface area contributed by atoms with Crippen molar-refractivity contribution < 1.29 is 51.8 Å². The minimum Gasteiger partial charge on any atom is -0.480 e. The largest absolute Gasteiger partial charge is 0.480 e. The quantitative estimate of drug-likeness (QED) is 0.0521. The maximum Gasteiger partial charge on any atom is 0.471 e. The second kappa shape index (κ2) is 29.3. The van der Waals surface area contributed by atoms with E-state index in [1.807, 2.05) is 36.4 Å². The maximum atomic E-state index is 12.8. The summed E-state index contributed by atoms with van der Waals surface area (Å²) in [6.07, 6.45) is -1.69. The van der Waals surface area contributed by atoms with Gasteiger partial charge in [0.15, 0.2) is 5.78 Å². The number of ketones is 1. The van der Waals surface area contributed by atoms with Crippen molar-refractivity contribution in [1.29, 1.82) is 0 Å². The number of nitrogens with one attached hydrogen (secondary N) is 4. The number of carbonyl (C=O) groups is 6. The summed E-state index contributed by atoms with van der Waals surface area (Å²) in [5.41, 5.74) is 9.75. The Morgan fingerprint density at radius 1 is 0.658 bits per heavy atom. The summed E-state index contributed by atoms with van der Waals surface area (Å²) in [4.78, 5) is 72.3. The van der Waals surface area contributed by atoms with Crippen molar-refractivity contribution in [3.8, 4) is 11.4 Å². The van der Waals surface area contributed by atoms with Gasteiger partial charge in [-0.3, -0.25) is 24.0 Å². The molecule has 0 fully saturated rings. The average Bonchev–Trinajstić information content (AvgIpc) is 4.12. The van der Waals surface area contributed by atoms with Gasteiger partial charge in [0.1, 0.15) is 36.4 Å². The molecule has 6 aromatic rings. The third kappa shape index (κ3) is 20.8. The van der Waals surface area contributed by atoms with Gasteiger partial charge in [-0.1, -0.05) is 83.9 Å². The first-order chi connectivity index (χ1) is 35.9. The maximum absolute atomic E-state index is 12.8. The van der Waals surface area contributed by atoms with Crippen LogP contribution in [0.4, 0.5) is 18.0 Å². The van der Waals surface area contributed by atoms with Gasteiger partial charge < -0.3 is 36.8 Å². The van der Waals surface area contributed by atoms with Gasteiger partial charge in [0.2, 0.25) is 11.8 Å². The monoisotopic (exact) mass is 1100 g/mol. The molecule has 7 N–H and O–H groups in total. The highest BCUT2D eigenvalue weighted by molar-refractivity contribution is 6.31. The Hall–Kier alpha value is -7.83. The standard InChI is InChI=1S/C24H24ClF3N6O3.C18H26N2O5.C8H8ClN5/c1-15(21(35)12-8-17-13-18(25)9-11-20(17)34-14-29-32-33-34)30-22(36)19(31-23(37)24(26,27)28)10-7-16-5-3-2-4-6-16;1-12(16(22)23)19-15(21)14(20-17(24)25-18(2,3)4)11-10-13-8-6-5-7-9-13;9-7-1-2-8(6(3-7)4-10)14-5-11-12-13-14/h2-6,9,11,13-15,19H,7-8,10,12H2,1H3,(H,30,36)(H,31,37);5-9,12,14H,10-11H2,1-4H3,(H,19,21)(H,20,24)(H,22,23);1-3,5H,4,10H2/t15-,19+;12-,14+;/m00./s1. The Morgan fingerprint density at radius 3 is 1.55 bits per heavy atom. The van der Waals surface area contributed by atoms with E-state index >= 15 is 0 Å². The molecule has 0 radical (unpaired) electrons. The van der Waals surface area contributed by atoms with Crippen LogP contribution in [0.5, 0.6) is 0 Å². The minimum absolute atomic E-state index is 0.000503. The lowest BCUT2D eigenvalue weighted by atomic mass is 10.0. The van der Waals surface area contributed by atoms with Crippen LogP contribution in [0.1, 0.15) is 76.1 Å². The number of rotatable bonds is 20. The van der Waals surface area contributed by atoms with Crippen LogP contribution in [0, 0.1) is 0 Å². The fraction of sp³-hybridized carbons (Fsp3) is 0.360. The SMILES string of the molecule is C[C@H](NC(=O)[C@@H](CCc1ccccc1)NC(=O)C(F)(F)F)C(=O)CCc1cc(Cl)ccc1-n1cnnn1.C[C@H](NC(=O)[C@@H](CCc1ccccc1)NC(=O)OC(C)(C)C)C(=O)O.NCc1cc(Cl)ccc1-n1cnnn1. The van der Waals surface area contributed by atoms with Crippen LogP contribution in [0.15, 0.2) is 110 Å². The molecule has 21 nitrogen and oxygen atoms in total. The van der Waals surface area contributed by atoms with E-state index in [2.05, 4.69) is 47.0 Å². The number of alkyl halides is 3. The van der Waals surface area contributed by atoms with E-state index in [0.29, 0.717) is 40.7 Å². The van der Waals surface area contributed by atoms with E-state index in [1.165, 1.54) is 31.2 Å². The molecule has 406 valence electrons. The molecule has 0 aliphatic heterocycles. The summed E-state index contributed by atoms with van der Waals surface area (Å²) in [6, 6.07) is 24.3. The molecule has 0 saturated carbocycles. The number of amides is 4. The molecule has 0 bridgehead atoms. The summed E-state index contributed by atoms with van der Waals surface area (Å²) in [5.74, 6) is -5.17. The van der Waals surface area contributed by atoms with Gasteiger partial charge in [0, 0.05) is 23.0 Å². The van der Waals surface area contributed by atoms with Crippen molar-refractivity contribution >= 4 is 58.8 Å². The Balaban J connectivity index is 0.000000274. The highest BCUT2D eigenvalue weighted by Crippen LogP contribution is 2.22. The zero-order chi connectivity index (χ0) is 56.0. The number of tetrazole rings is 2. The van der Waals surface area contributed by atoms with Gasteiger partial charge in [-0.15, -0.1) is 10.2 Å². The van der Waals surface area contributed by atoms with Crippen LogP contribution < -0.4 is 27.0 Å². The number of hydrogen-bond acceptors (Lipinski definition) is 14. The Labute approximate surface area is 445 Å². The molecule has 4 aromatic carbocycles. The number of nitrogens with zero attached hydrogens (tertiary/aromatic N) is 8. The Kier molecular flexibility index (Phi) is 23.4. The van der Waals surface area contributed by atoms with Gasteiger partial charge in [0.25, 0.3) is 0 Å². The molecule has 4 amide bonds. The lowest BCUT2D eigenvalue weighted by molar-refractivity contribution is -0.174. The molecule has 0 aliphatic carbocycles. The van der Waals surface area contributed by atoms with E-state index in [9.17, 15) is 41.9 Å². The third-order valence-electron chi connectivity index (χ3n) is 10.7. The number of halogens is 5. The van der Waals surface area contributed by atoms with Crippen LogP contribution in [0.3, 0.4) is 0 Å². The molecule has 0 saturated heterocycles. The molecule has 2 aromatic heterocycles. The zero-order valence-electron chi connectivity index (χ0n) is 42.0. The number of aryl methyl sites for hydroxylation is 3. The van der Waals surface area contributed by atoms with Crippen molar-refractivity contribution in [3.05, 3.63) is 142 Å². The highest BCUT2D eigenvalue weighted by Gasteiger charge is 2.41. The fourth-order valence-electron chi connectivity index (χ4n) is 6.85. The minimum atomic E-state index is -5.15. The normalized spacial score (nSPS) is 12.7. The van der Waals surface area contributed by atoms with Crippen molar-refractivity contribution in [1.82, 2.24) is 61.7 Å². The number of aliphatic carboxylic acids is 1. The highest BCUT2D eigenvalue weighted by atomic mass is 35.5. The number of aromatic nitrogens is 8. The topological polar surface area (TPSA) is 293 Å². The predicted molar refractivity (Wildman–Crippen MR) is 273 cm³/mol. The second-order valence-electron chi connectivity index (χ2n) is 17.8. The lowest BCUT2D eigenvalue weighted by Crippen LogP contribution is -2.53. The number of carbonyl (C=O) groups excluding carboxylic acids is 5. The summed E-state index contributed by atoms with van der Waals surface area (Å²) >= 11 is 11.9. The molecule has 2 heterocycles. The Bertz CT molecular complexity index is 2830. The van der Waals surface area contributed by atoms with Crippen molar-refractivity contribution in [2.45, 2.75) is 116 Å². The molecule has 0 unspecified atom stereocenters. The molecule has 4 atom stereocenters. The summed E-state index contributed by atoms with van der Waals surface area (Å²) in [7, 11) is 0. The van der Waals surface area contributed by atoms with Crippen LogP contribution in [0.25, 0.3) is 11.4 Å². The molecular formula is C50H58Cl2F3N13O8. The van der Waals surface area contributed by atoms with E-state index in [0.717, 1.165) is 22.4 Å². The van der Waals surface area contributed by atoms with Gasteiger partial charge in [0.05, 0.1) is 17.4 Å². The number of benzene rings is 4. The van der Waals surface area contributed by atoms with Gasteiger partial charge in [-0.05, 0) is 146 Å². The van der Waals surface area contributed by atoms with Crippen LogP contribution in [0.2, 0.25) is 10.0 Å². The van der Waals surface area contributed by atoms with Crippen LogP contribution in [-0.4, -0.2) is 117 Å². The smallest absolute Gasteiger partial charge is 0.471 e. The van der Waals surface area contributed by atoms with Gasteiger partial charge in [-0.2, -0.15) is 13.2 Å². The molecule has 0 spiro atoms. The molecule has 6 rings (SSSR count). The molecular weight excluding hydrogens is 1040 g/mol. The van der Waals surface area contributed by atoms with E-state index < -0.39 is 65.7 Å². The number of alkyl carbamates (subject to hydrolysis) is 1. The van der Waals surface area contributed by atoms with Crippen molar-refractivity contribution in [2.75, 3.05) is 0 Å². The number of carboxylic acid groups (broad SMARTS) is 1. The average molecular weight is 1100 g/mol. The first-order valence-electron chi connectivity index (χ1n) is 23.5. The number of hydrogen-bond donors (Lipinski definition) is 6. The summed E-state index contributed by atoms with van der Waals surface area (Å²) in [5, 5.41) is 41.0. The number of Topliss-reactive ketones (excluding diaryl/α,β-unsaturated/α-hetero) is 1. The van der Waals surface area contributed by atoms with Crippen LogP contribution >= 0.6 is 23.2 Å². The molecule has 76 heavy (non-hydrogen) atoms. The first-order valence-corrected chi connectivity index (χ1v) is 24.2. The van der Waals surface area contributed by atoms with Crippen molar-refractivity contribution in [2.24, 2.45) is 5.73 Å². The predicted octanol–water partition coefficient (Wildman–Crippen LogP) is 5.88. The number of nitrogens with two attached hydrogens (primary N) is 1. The number of ether oxygens (including phenoxy) is 1. The third-order valence-corrected chi connectivity index (χ3v) is 11.2. The summed E-state index contributed by atoms with van der Waals surface area (Å²) < 4.78 is 46.6. The van der Waals surface area contributed by atoms with E-state index in [1.54, 1.807) is 91.4 Å². The number of carboxylic acids is 1. The van der Waals surface area contributed by atoms with Crippen LogP contribution in [-0.2, 0) is 54.5 Å². The first kappa shape index (κ1) is 60.7.